The van der Waals surface area contributed by atoms with E-state index in [-0.39, 0.29) is 11.9 Å². The normalized spacial score (nSPS) is 21.2. The molecule has 1 aliphatic heterocycles. The summed E-state index contributed by atoms with van der Waals surface area (Å²) in [7, 11) is 0. The van der Waals surface area contributed by atoms with Gasteiger partial charge in [0, 0.05) is 36.4 Å². The first-order valence-electron chi connectivity index (χ1n) is 9.12. The molecule has 1 atom stereocenters. The minimum absolute atomic E-state index is 0.201. The third kappa shape index (κ3) is 2.76. The van der Waals surface area contributed by atoms with Crippen LogP contribution in [0.2, 0.25) is 0 Å². The van der Waals surface area contributed by atoms with E-state index in [2.05, 4.69) is 34.5 Å². The van der Waals surface area contributed by atoms with Gasteiger partial charge in [-0.1, -0.05) is 0 Å². The Morgan fingerprint density at radius 1 is 1.25 bits per heavy atom. The summed E-state index contributed by atoms with van der Waals surface area (Å²) in [5, 5.41) is 4.32. The predicted molar refractivity (Wildman–Crippen MR) is 93.1 cm³/mol. The van der Waals surface area contributed by atoms with Crippen LogP contribution in [0.25, 0.3) is 0 Å². The highest BCUT2D eigenvalue weighted by atomic mass is 16.2. The Balaban J connectivity index is 1.58. The van der Waals surface area contributed by atoms with Gasteiger partial charge in [0.25, 0.3) is 5.91 Å². The fourth-order valence-corrected chi connectivity index (χ4v) is 4.13. The van der Waals surface area contributed by atoms with E-state index >= 15 is 0 Å². The number of carbonyl (C=O) groups is 1. The molecule has 2 aromatic heterocycles. The molecule has 1 saturated carbocycles. The number of carbonyl (C=O) groups excluding carboxylic acids is 1. The number of hydrogen-bond donors (Lipinski definition) is 0. The lowest BCUT2D eigenvalue weighted by Crippen LogP contribution is -2.46. The Hall–Kier alpha value is -2.04. The second kappa shape index (κ2) is 6.11. The average Bonchev–Trinajstić information content (AvgIpc) is 3.18. The zero-order valence-electron chi connectivity index (χ0n) is 14.6. The molecule has 2 aromatic rings. The van der Waals surface area contributed by atoms with Crippen LogP contribution in [-0.4, -0.2) is 37.7 Å². The SMILES string of the molecule is Cc1cc(C(=O)N2CCCC[C@H]2Cn2cccn2)c(C)n1C1CC1. The molecule has 0 bridgehead atoms. The van der Waals surface area contributed by atoms with E-state index in [1.807, 2.05) is 16.9 Å². The maximum absolute atomic E-state index is 13.3. The molecule has 4 rings (SSSR count). The monoisotopic (exact) mass is 326 g/mol. The molecule has 24 heavy (non-hydrogen) atoms. The Bertz CT molecular complexity index is 727. The summed E-state index contributed by atoms with van der Waals surface area (Å²) in [5.41, 5.74) is 3.26. The molecule has 1 saturated heterocycles. The number of amides is 1. The summed E-state index contributed by atoms with van der Waals surface area (Å²) < 4.78 is 4.31. The fraction of sp³-hybridized carbons (Fsp3) is 0.579. The van der Waals surface area contributed by atoms with Crippen LogP contribution in [0.1, 0.15) is 59.9 Å². The first-order chi connectivity index (χ1) is 11.6. The molecule has 1 amide bonds. The first-order valence-corrected chi connectivity index (χ1v) is 9.12. The van der Waals surface area contributed by atoms with E-state index in [1.165, 1.54) is 25.0 Å². The van der Waals surface area contributed by atoms with Gasteiger partial charge in [-0.15, -0.1) is 0 Å². The number of rotatable bonds is 4. The smallest absolute Gasteiger partial charge is 0.255 e. The minimum atomic E-state index is 0.201. The van der Waals surface area contributed by atoms with Gasteiger partial charge < -0.3 is 9.47 Å². The predicted octanol–water partition coefficient (Wildman–Crippen LogP) is 3.33. The third-order valence-corrected chi connectivity index (χ3v) is 5.47. The Kier molecular flexibility index (Phi) is 3.94. The van der Waals surface area contributed by atoms with Gasteiger partial charge in [-0.05, 0) is 58.1 Å². The molecular formula is C19H26N4O. The lowest BCUT2D eigenvalue weighted by molar-refractivity contribution is 0.0583. The van der Waals surface area contributed by atoms with Crippen LogP contribution in [0.3, 0.4) is 0 Å². The molecule has 0 radical (unpaired) electrons. The van der Waals surface area contributed by atoms with Gasteiger partial charge in [0.15, 0.2) is 0 Å². The highest BCUT2D eigenvalue weighted by molar-refractivity contribution is 5.96. The second-order valence-corrected chi connectivity index (χ2v) is 7.26. The number of nitrogens with zero attached hydrogens (tertiary/aromatic N) is 4. The number of aromatic nitrogens is 3. The molecule has 5 nitrogen and oxygen atoms in total. The molecule has 0 spiro atoms. The lowest BCUT2D eigenvalue weighted by Gasteiger charge is -2.35. The van der Waals surface area contributed by atoms with Crippen molar-refractivity contribution in [2.45, 2.75) is 64.6 Å². The largest absolute Gasteiger partial charge is 0.345 e. The van der Waals surface area contributed by atoms with Crippen molar-refractivity contribution in [1.29, 1.82) is 0 Å². The molecule has 3 heterocycles. The molecule has 0 aromatic carbocycles. The summed E-state index contributed by atoms with van der Waals surface area (Å²) in [5.74, 6) is 0.201. The van der Waals surface area contributed by atoms with Crippen molar-refractivity contribution in [2.24, 2.45) is 0 Å². The van der Waals surface area contributed by atoms with Crippen LogP contribution in [-0.2, 0) is 6.54 Å². The fourth-order valence-electron chi connectivity index (χ4n) is 4.13. The van der Waals surface area contributed by atoms with Gasteiger partial charge in [0.05, 0.1) is 18.2 Å². The maximum Gasteiger partial charge on any atom is 0.255 e. The summed E-state index contributed by atoms with van der Waals surface area (Å²) in [6.45, 7) is 5.88. The summed E-state index contributed by atoms with van der Waals surface area (Å²) >= 11 is 0. The van der Waals surface area contributed by atoms with Gasteiger partial charge in [-0.25, -0.2) is 0 Å². The highest BCUT2D eigenvalue weighted by Crippen LogP contribution is 2.38. The summed E-state index contributed by atoms with van der Waals surface area (Å²) in [6, 6.07) is 4.90. The Morgan fingerprint density at radius 2 is 2.08 bits per heavy atom. The second-order valence-electron chi connectivity index (χ2n) is 7.26. The number of aryl methyl sites for hydroxylation is 1. The van der Waals surface area contributed by atoms with Gasteiger partial charge in [-0.3, -0.25) is 9.48 Å². The lowest BCUT2D eigenvalue weighted by atomic mass is 10.0. The topological polar surface area (TPSA) is 43.1 Å². The maximum atomic E-state index is 13.3. The molecule has 1 aliphatic carbocycles. The minimum Gasteiger partial charge on any atom is -0.345 e. The number of hydrogen-bond acceptors (Lipinski definition) is 2. The van der Waals surface area contributed by atoms with Crippen molar-refractivity contribution in [1.82, 2.24) is 19.2 Å². The van der Waals surface area contributed by atoms with Crippen molar-refractivity contribution in [3.63, 3.8) is 0 Å². The van der Waals surface area contributed by atoms with E-state index in [0.717, 1.165) is 37.2 Å². The van der Waals surface area contributed by atoms with Crippen molar-refractivity contribution in [2.75, 3.05) is 6.54 Å². The van der Waals surface area contributed by atoms with Gasteiger partial charge in [0.1, 0.15) is 0 Å². The Morgan fingerprint density at radius 3 is 2.79 bits per heavy atom. The Labute approximate surface area is 143 Å². The van der Waals surface area contributed by atoms with Gasteiger partial charge >= 0.3 is 0 Å². The zero-order chi connectivity index (χ0) is 16.7. The summed E-state index contributed by atoms with van der Waals surface area (Å²) in [4.78, 5) is 15.3. The molecule has 5 heteroatoms. The van der Waals surface area contributed by atoms with Crippen molar-refractivity contribution >= 4 is 5.91 Å². The molecule has 0 unspecified atom stereocenters. The van der Waals surface area contributed by atoms with E-state index in [1.54, 1.807) is 6.20 Å². The third-order valence-electron chi connectivity index (χ3n) is 5.47. The quantitative estimate of drug-likeness (QED) is 0.865. The van der Waals surface area contributed by atoms with Gasteiger partial charge in [-0.2, -0.15) is 5.10 Å². The molecule has 128 valence electrons. The van der Waals surface area contributed by atoms with E-state index in [0.29, 0.717) is 6.04 Å². The van der Waals surface area contributed by atoms with E-state index < -0.39 is 0 Å². The van der Waals surface area contributed by atoms with Crippen LogP contribution < -0.4 is 0 Å². The molecule has 2 aliphatic rings. The van der Waals surface area contributed by atoms with Gasteiger partial charge in [0.2, 0.25) is 0 Å². The summed E-state index contributed by atoms with van der Waals surface area (Å²) in [6.07, 6.45) is 9.63. The van der Waals surface area contributed by atoms with Crippen LogP contribution in [0.5, 0.6) is 0 Å². The number of likely N-dealkylation sites (tertiary alicyclic amines) is 1. The van der Waals surface area contributed by atoms with Crippen LogP contribution in [0.15, 0.2) is 24.5 Å². The van der Waals surface area contributed by atoms with Crippen molar-refractivity contribution in [3.05, 3.63) is 41.5 Å². The van der Waals surface area contributed by atoms with Crippen molar-refractivity contribution < 1.29 is 4.79 Å². The molecule has 2 fully saturated rings. The van der Waals surface area contributed by atoms with E-state index in [9.17, 15) is 4.79 Å². The first kappa shape index (κ1) is 15.5. The van der Waals surface area contributed by atoms with Crippen LogP contribution in [0, 0.1) is 13.8 Å². The van der Waals surface area contributed by atoms with Crippen LogP contribution >= 0.6 is 0 Å². The number of piperidine rings is 1. The highest BCUT2D eigenvalue weighted by Gasteiger charge is 2.32. The molecular weight excluding hydrogens is 300 g/mol. The zero-order valence-corrected chi connectivity index (χ0v) is 14.6. The van der Waals surface area contributed by atoms with E-state index in [4.69, 9.17) is 0 Å². The van der Waals surface area contributed by atoms with Crippen LogP contribution in [0.4, 0.5) is 0 Å². The van der Waals surface area contributed by atoms with Crippen molar-refractivity contribution in [3.8, 4) is 0 Å². The molecule has 0 N–H and O–H groups in total. The standard InChI is InChI=1S/C19H26N4O/c1-14-12-18(15(2)23(14)16-7-8-16)19(24)22-11-4-3-6-17(22)13-21-10-5-9-20-21/h5,9-10,12,16-17H,3-4,6-8,11,13H2,1-2H3/t17-/m0/s1. The average molecular weight is 326 g/mol.